The van der Waals surface area contributed by atoms with Gasteiger partial charge in [0, 0.05) is 18.7 Å². The maximum Gasteiger partial charge on any atom is 0.132 e. The van der Waals surface area contributed by atoms with Crippen molar-refractivity contribution in [2.45, 2.75) is 72.3 Å². The van der Waals surface area contributed by atoms with Crippen LogP contribution < -0.4 is 10.6 Å². The number of hydrogen-bond donors (Lipinski definition) is 2. The van der Waals surface area contributed by atoms with Gasteiger partial charge in [-0.2, -0.15) is 0 Å². The molecule has 0 aromatic carbocycles. The minimum Gasteiger partial charge on any atom is -0.370 e. The number of rotatable bonds is 10. The first-order valence-corrected chi connectivity index (χ1v) is 8.01. The summed E-state index contributed by atoms with van der Waals surface area (Å²) in [5, 5.41) is 6.80. The van der Waals surface area contributed by atoms with Crippen molar-refractivity contribution >= 4 is 11.6 Å². The zero-order valence-electron chi connectivity index (χ0n) is 13.5. The van der Waals surface area contributed by atoms with E-state index in [4.69, 9.17) is 0 Å². The fraction of sp³-hybridized carbons (Fsp3) is 0.750. The highest BCUT2D eigenvalue weighted by Gasteiger charge is 2.05. The van der Waals surface area contributed by atoms with Gasteiger partial charge < -0.3 is 10.6 Å². The summed E-state index contributed by atoms with van der Waals surface area (Å²) in [5.41, 5.74) is 0. The Balaban J connectivity index is 2.47. The molecule has 0 fully saturated rings. The first kappa shape index (κ1) is 16.7. The van der Waals surface area contributed by atoms with Crippen molar-refractivity contribution in [1.82, 2.24) is 9.97 Å². The Morgan fingerprint density at radius 3 is 2.50 bits per heavy atom. The van der Waals surface area contributed by atoms with E-state index in [1.165, 1.54) is 32.1 Å². The quantitative estimate of drug-likeness (QED) is 0.624. The molecule has 0 saturated carbocycles. The van der Waals surface area contributed by atoms with Crippen molar-refractivity contribution in [3.05, 3.63) is 11.9 Å². The first-order valence-electron chi connectivity index (χ1n) is 8.01. The molecule has 2 N–H and O–H groups in total. The van der Waals surface area contributed by atoms with Crippen LogP contribution >= 0.6 is 0 Å². The van der Waals surface area contributed by atoms with Crippen LogP contribution in [0.25, 0.3) is 0 Å². The van der Waals surface area contributed by atoms with Gasteiger partial charge in [-0.15, -0.1) is 0 Å². The van der Waals surface area contributed by atoms with Crippen LogP contribution in [0.4, 0.5) is 11.6 Å². The summed E-state index contributed by atoms with van der Waals surface area (Å²) in [4.78, 5) is 8.87. The highest BCUT2D eigenvalue weighted by Crippen LogP contribution is 2.14. The molecule has 0 bridgehead atoms. The number of hydrogen-bond acceptors (Lipinski definition) is 4. The summed E-state index contributed by atoms with van der Waals surface area (Å²) in [6.45, 7) is 9.51. The van der Waals surface area contributed by atoms with Crippen LogP contribution in [0.3, 0.4) is 0 Å². The minimum atomic E-state index is 0.459. The van der Waals surface area contributed by atoms with Gasteiger partial charge in [0.25, 0.3) is 0 Å². The van der Waals surface area contributed by atoms with E-state index in [9.17, 15) is 0 Å². The molecule has 1 rings (SSSR count). The topological polar surface area (TPSA) is 49.8 Å². The van der Waals surface area contributed by atoms with Crippen molar-refractivity contribution < 1.29 is 0 Å². The lowest BCUT2D eigenvalue weighted by Gasteiger charge is -2.15. The predicted octanol–water partition coefficient (Wildman–Crippen LogP) is 4.38. The van der Waals surface area contributed by atoms with Crippen molar-refractivity contribution in [3.63, 3.8) is 0 Å². The molecular weight excluding hydrogens is 248 g/mol. The molecule has 114 valence electrons. The van der Waals surface area contributed by atoms with Gasteiger partial charge in [0.05, 0.1) is 0 Å². The summed E-state index contributed by atoms with van der Waals surface area (Å²) in [5.74, 6) is 2.66. The number of anilines is 2. The number of aryl methyl sites for hydroxylation is 1. The SMILES string of the molecule is CCCCCCC(C)Nc1cc(NCCC)nc(C)n1. The first-order chi connectivity index (χ1) is 9.65. The second kappa shape index (κ2) is 9.56. The number of aromatic nitrogens is 2. The number of nitrogens with zero attached hydrogens (tertiary/aromatic N) is 2. The van der Waals surface area contributed by atoms with Crippen LogP contribution in [-0.2, 0) is 0 Å². The molecule has 0 aliphatic carbocycles. The summed E-state index contributed by atoms with van der Waals surface area (Å²) in [6.07, 6.45) is 7.53. The Morgan fingerprint density at radius 2 is 1.80 bits per heavy atom. The Labute approximate surface area is 123 Å². The van der Waals surface area contributed by atoms with E-state index in [-0.39, 0.29) is 0 Å². The van der Waals surface area contributed by atoms with Crippen molar-refractivity contribution in [2.75, 3.05) is 17.2 Å². The fourth-order valence-corrected chi connectivity index (χ4v) is 2.19. The third kappa shape index (κ3) is 6.73. The van der Waals surface area contributed by atoms with E-state index in [2.05, 4.69) is 41.4 Å². The third-order valence-corrected chi connectivity index (χ3v) is 3.28. The molecule has 4 heteroatoms. The van der Waals surface area contributed by atoms with Gasteiger partial charge in [0.15, 0.2) is 0 Å². The van der Waals surface area contributed by atoms with Crippen LogP contribution in [0, 0.1) is 6.92 Å². The Bertz CT molecular complexity index is 379. The van der Waals surface area contributed by atoms with E-state index in [0.29, 0.717) is 6.04 Å². The van der Waals surface area contributed by atoms with E-state index in [0.717, 1.165) is 30.4 Å². The molecule has 0 saturated heterocycles. The van der Waals surface area contributed by atoms with Crippen LogP contribution in [0.1, 0.15) is 65.1 Å². The maximum absolute atomic E-state index is 4.46. The third-order valence-electron chi connectivity index (χ3n) is 3.28. The van der Waals surface area contributed by atoms with Gasteiger partial charge in [-0.05, 0) is 26.7 Å². The summed E-state index contributed by atoms with van der Waals surface area (Å²) < 4.78 is 0. The van der Waals surface area contributed by atoms with E-state index < -0.39 is 0 Å². The van der Waals surface area contributed by atoms with Gasteiger partial charge >= 0.3 is 0 Å². The van der Waals surface area contributed by atoms with E-state index in [1.54, 1.807) is 0 Å². The summed E-state index contributed by atoms with van der Waals surface area (Å²) in [6, 6.07) is 2.46. The highest BCUT2D eigenvalue weighted by atomic mass is 15.1. The largest absolute Gasteiger partial charge is 0.370 e. The van der Waals surface area contributed by atoms with E-state index >= 15 is 0 Å². The van der Waals surface area contributed by atoms with Gasteiger partial charge in [0.2, 0.25) is 0 Å². The fourth-order valence-electron chi connectivity index (χ4n) is 2.19. The van der Waals surface area contributed by atoms with Crippen LogP contribution in [0.5, 0.6) is 0 Å². The molecule has 1 atom stereocenters. The molecule has 20 heavy (non-hydrogen) atoms. The number of unbranched alkanes of at least 4 members (excludes halogenated alkanes) is 3. The van der Waals surface area contributed by atoms with Gasteiger partial charge in [0.1, 0.15) is 17.5 Å². The lowest BCUT2D eigenvalue weighted by atomic mass is 10.1. The summed E-state index contributed by atoms with van der Waals surface area (Å²) >= 11 is 0. The normalized spacial score (nSPS) is 12.2. The lowest BCUT2D eigenvalue weighted by molar-refractivity contribution is 0.593. The van der Waals surface area contributed by atoms with Crippen molar-refractivity contribution in [2.24, 2.45) is 0 Å². The predicted molar refractivity (Wildman–Crippen MR) is 87.4 cm³/mol. The molecule has 0 radical (unpaired) electrons. The molecule has 4 nitrogen and oxygen atoms in total. The average molecular weight is 278 g/mol. The van der Waals surface area contributed by atoms with Crippen molar-refractivity contribution in [3.8, 4) is 0 Å². The second-order valence-electron chi connectivity index (χ2n) is 5.51. The van der Waals surface area contributed by atoms with Crippen LogP contribution in [-0.4, -0.2) is 22.6 Å². The zero-order chi connectivity index (χ0) is 14.8. The van der Waals surface area contributed by atoms with Crippen molar-refractivity contribution in [1.29, 1.82) is 0 Å². The maximum atomic E-state index is 4.46. The molecule has 1 aromatic heterocycles. The molecule has 0 amide bonds. The number of nitrogens with one attached hydrogen (secondary N) is 2. The molecule has 0 aliphatic heterocycles. The summed E-state index contributed by atoms with van der Waals surface area (Å²) in [7, 11) is 0. The smallest absolute Gasteiger partial charge is 0.132 e. The lowest BCUT2D eigenvalue weighted by Crippen LogP contribution is -2.17. The standard InChI is InChI=1S/C16H30N4/c1-5-7-8-9-10-13(3)18-16-12-15(17-11-6-2)19-14(4)20-16/h12-13H,5-11H2,1-4H3,(H2,17,18,19,20). The Hall–Kier alpha value is -1.32. The Morgan fingerprint density at radius 1 is 1.05 bits per heavy atom. The molecular formula is C16H30N4. The van der Waals surface area contributed by atoms with Gasteiger partial charge in [-0.1, -0.05) is 39.5 Å². The highest BCUT2D eigenvalue weighted by molar-refractivity contribution is 5.47. The van der Waals surface area contributed by atoms with Crippen LogP contribution in [0.15, 0.2) is 6.07 Å². The molecule has 0 aliphatic rings. The second-order valence-corrected chi connectivity index (χ2v) is 5.51. The molecule has 1 unspecified atom stereocenters. The molecule has 0 spiro atoms. The van der Waals surface area contributed by atoms with Gasteiger partial charge in [-0.3, -0.25) is 0 Å². The van der Waals surface area contributed by atoms with Gasteiger partial charge in [-0.25, -0.2) is 9.97 Å². The minimum absolute atomic E-state index is 0.459. The zero-order valence-corrected chi connectivity index (χ0v) is 13.5. The molecule has 1 heterocycles. The molecule has 1 aromatic rings. The average Bonchev–Trinajstić information content (AvgIpc) is 2.41. The van der Waals surface area contributed by atoms with E-state index in [1.807, 2.05) is 13.0 Å². The monoisotopic (exact) mass is 278 g/mol. The Kier molecular flexibility index (Phi) is 8.00. The van der Waals surface area contributed by atoms with Crippen LogP contribution in [0.2, 0.25) is 0 Å².